The molecule has 186 valence electrons. The van der Waals surface area contributed by atoms with E-state index in [2.05, 4.69) is 49.3 Å². The zero-order chi connectivity index (χ0) is 24.1. The highest BCUT2D eigenvalue weighted by atomic mass is 16.5. The van der Waals surface area contributed by atoms with Crippen molar-refractivity contribution < 1.29 is 14.3 Å². The number of rotatable bonds is 5. The van der Waals surface area contributed by atoms with E-state index in [1.165, 1.54) is 25.7 Å². The number of nitrogens with one attached hydrogen (secondary N) is 2. The SMILES string of the molecule is CC1CCC(N2CCC(C#N)(NC(=O)C(CC(C)(C)C)NC(=O)N3CCOCC3)CC2)CC1. The minimum atomic E-state index is -0.866. The number of amides is 3. The molecule has 3 amide bonds. The average molecular weight is 462 g/mol. The van der Waals surface area contributed by atoms with Gasteiger partial charge >= 0.3 is 6.03 Å². The average Bonchev–Trinajstić information content (AvgIpc) is 2.79. The van der Waals surface area contributed by atoms with Gasteiger partial charge in [0, 0.05) is 32.2 Å². The molecular formula is C25H43N5O3. The van der Waals surface area contributed by atoms with Crippen LogP contribution in [0.2, 0.25) is 0 Å². The number of nitrogens with zero attached hydrogens (tertiary/aromatic N) is 3. The second kappa shape index (κ2) is 11.1. The Morgan fingerprint density at radius 2 is 1.70 bits per heavy atom. The zero-order valence-corrected chi connectivity index (χ0v) is 21.0. The fourth-order valence-corrected chi connectivity index (χ4v) is 5.29. The molecule has 8 heteroatoms. The van der Waals surface area contributed by atoms with Crippen molar-refractivity contribution >= 4 is 11.9 Å². The fourth-order valence-electron chi connectivity index (χ4n) is 5.29. The number of urea groups is 1. The minimum Gasteiger partial charge on any atom is -0.378 e. The van der Waals surface area contributed by atoms with Crippen LogP contribution in [0.15, 0.2) is 0 Å². The van der Waals surface area contributed by atoms with Gasteiger partial charge in [-0.2, -0.15) is 5.26 Å². The van der Waals surface area contributed by atoms with Crippen LogP contribution in [0.25, 0.3) is 0 Å². The van der Waals surface area contributed by atoms with Gasteiger partial charge in [-0.3, -0.25) is 4.79 Å². The summed E-state index contributed by atoms with van der Waals surface area (Å²) in [6, 6.07) is 2.10. The van der Waals surface area contributed by atoms with Crippen LogP contribution in [0.1, 0.15) is 72.6 Å². The Kier molecular flexibility index (Phi) is 8.63. The van der Waals surface area contributed by atoms with Crippen molar-refractivity contribution in [2.45, 2.75) is 90.3 Å². The first kappa shape index (κ1) is 25.8. The van der Waals surface area contributed by atoms with E-state index < -0.39 is 11.6 Å². The van der Waals surface area contributed by atoms with Crippen LogP contribution < -0.4 is 10.6 Å². The van der Waals surface area contributed by atoms with Crippen LogP contribution in [0.4, 0.5) is 4.79 Å². The number of nitriles is 1. The Morgan fingerprint density at radius 3 is 2.24 bits per heavy atom. The standard InChI is InChI=1S/C25H43N5O3/c1-19-5-7-20(8-6-19)29-11-9-25(18-26,10-12-29)28-22(31)21(17-24(2,3)4)27-23(32)30-13-15-33-16-14-30/h19-21H,5-17H2,1-4H3,(H,27,32)(H,28,31). The van der Waals surface area contributed by atoms with Gasteiger partial charge in [0.25, 0.3) is 0 Å². The Labute approximate surface area is 199 Å². The van der Waals surface area contributed by atoms with Crippen LogP contribution in [0.5, 0.6) is 0 Å². The summed E-state index contributed by atoms with van der Waals surface area (Å²) in [7, 11) is 0. The summed E-state index contributed by atoms with van der Waals surface area (Å²) in [5, 5.41) is 16.0. The van der Waals surface area contributed by atoms with Gasteiger partial charge in [0.1, 0.15) is 11.6 Å². The van der Waals surface area contributed by atoms with Gasteiger partial charge < -0.3 is 25.2 Å². The van der Waals surface area contributed by atoms with Gasteiger partial charge in [-0.15, -0.1) is 0 Å². The number of hydrogen-bond acceptors (Lipinski definition) is 5. The molecule has 3 rings (SSSR count). The van der Waals surface area contributed by atoms with E-state index in [1.54, 1.807) is 4.90 Å². The normalized spacial score (nSPS) is 27.3. The molecular weight excluding hydrogens is 418 g/mol. The lowest BCUT2D eigenvalue weighted by molar-refractivity contribution is -0.125. The Morgan fingerprint density at radius 1 is 1.09 bits per heavy atom. The summed E-state index contributed by atoms with van der Waals surface area (Å²) >= 11 is 0. The first-order chi connectivity index (χ1) is 15.6. The first-order valence-electron chi connectivity index (χ1n) is 12.7. The predicted octanol–water partition coefficient (Wildman–Crippen LogP) is 2.89. The van der Waals surface area contributed by atoms with Crippen molar-refractivity contribution in [2.24, 2.45) is 11.3 Å². The maximum atomic E-state index is 13.4. The third-order valence-corrected chi connectivity index (χ3v) is 7.46. The maximum absolute atomic E-state index is 13.4. The number of ether oxygens (including phenoxy) is 1. The molecule has 0 spiro atoms. The Balaban J connectivity index is 1.60. The van der Waals surface area contributed by atoms with E-state index in [9.17, 15) is 14.9 Å². The molecule has 1 atom stereocenters. The molecule has 0 bridgehead atoms. The fraction of sp³-hybridized carbons (Fsp3) is 0.880. The van der Waals surface area contributed by atoms with Gasteiger partial charge in [0.2, 0.25) is 5.91 Å². The molecule has 0 aromatic rings. The number of piperidine rings is 1. The van der Waals surface area contributed by atoms with Crippen molar-refractivity contribution in [3.05, 3.63) is 0 Å². The largest absolute Gasteiger partial charge is 0.378 e. The van der Waals surface area contributed by atoms with Crippen molar-refractivity contribution in [3.63, 3.8) is 0 Å². The van der Waals surface area contributed by atoms with Gasteiger partial charge in [-0.1, -0.05) is 27.7 Å². The lowest BCUT2D eigenvalue weighted by Gasteiger charge is -2.43. The molecule has 1 saturated carbocycles. The summed E-state index contributed by atoms with van der Waals surface area (Å²) in [6.45, 7) is 12.2. The monoisotopic (exact) mass is 461 g/mol. The van der Waals surface area contributed by atoms with Crippen molar-refractivity contribution in [3.8, 4) is 6.07 Å². The first-order valence-corrected chi connectivity index (χ1v) is 12.7. The van der Waals surface area contributed by atoms with E-state index in [4.69, 9.17) is 4.74 Å². The van der Waals surface area contributed by atoms with Crippen LogP contribution in [-0.4, -0.2) is 78.8 Å². The Bertz CT molecular complexity index is 707. The van der Waals surface area contributed by atoms with E-state index in [-0.39, 0.29) is 17.4 Å². The van der Waals surface area contributed by atoms with E-state index in [1.807, 2.05) is 0 Å². The van der Waals surface area contributed by atoms with Crippen LogP contribution in [0.3, 0.4) is 0 Å². The van der Waals surface area contributed by atoms with Crippen LogP contribution in [0, 0.1) is 22.7 Å². The highest BCUT2D eigenvalue weighted by molar-refractivity contribution is 5.88. The maximum Gasteiger partial charge on any atom is 0.318 e. The topological polar surface area (TPSA) is 97.7 Å². The number of morpholine rings is 1. The summed E-state index contributed by atoms with van der Waals surface area (Å²) in [5.41, 5.74) is -1.02. The molecule has 2 saturated heterocycles. The lowest BCUT2D eigenvalue weighted by Crippen LogP contribution is -2.61. The van der Waals surface area contributed by atoms with Crippen molar-refractivity contribution in [1.29, 1.82) is 5.26 Å². The van der Waals surface area contributed by atoms with Gasteiger partial charge in [-0.05, 0) is 56.3 Å². The lowest BCUT2D eigenvalue weighted by atomic mass is 9.83. The second-order valence-electron chi connectivity index (χ2n) is 11.5. The van der Waals surface area contributed by atoms with Crippen molar-refractivity contribution in [1.82, 2.24) is 20.4 Å². The zero-order valence-electron chi connectivity index (χ0n) is 21.0. The molecule has 3 fully saturated rings. The van der Waals surface area contributed by atoms with Crippen LogP contribution in [-0.2, 0) is 9.53 Å². The molecule has 0 aromatic carbocycles. The van der Waals surface area contributed by atoms with Crippen LogP contribution >= 0.6 is 0 Å². The summed E-state index contributed by atoms with van der Waals surface area (Å²) in [4.78, 5) is 30.4. The van der Waals surface area contributed by atoms with E-state index in [0.29, 0.717) is 51.6 Å². The highest BCUT2D eigenvalue weighted by Crippen LogP contribution is 2.31. The molecule has 1 aliphatic carbocycles. The molecule has 8 nitrogen and oxygen atoms in total. The second-order valence-corrected chi connectivity index (χ2v) is 11.5. The van der Waals surface area contributed by atoms with Gasteiger partial charge in [0.05, 0.1) is 19.3 Å². The molecule has 33 heavy (non-hydrogen) atoms. The number of likely N-dealkylation sites (tertiary alicyclic amines) is 1. The molecule has 0 radical (unpaired) electrons. The number of hydrogen-bond donors (Lipinski definition) is 2. The summed E-state index contributed by atoms with van der Waals surface area (Å²) < 4.78 is 5.33. The molecule has 2 aliphatic heterocycles. The van der Waals surface area contributed by atoms with Crippen molar-refractivity contribution in [2.75, 3.05) is 39.4 Å². The number of carbonyl (C=O) groups is 2. The number of carbonyl (C=O) groups excluding carboxylic acids is 2. The molecule has 2 N–H and O–H groups in total. The smallest absolute Gasteiger partial charge is 0.318 e. The molecule has 2 heterocycles. The third kappa shape index (κ3) is 7.31. The minimum absolute atomic E-state index is 0.151. The Hall–Kier alpha value is -1.85. The quantitative estimate of drug-likeness (QED) is 0.656. The van der Waals surface area contributed by atoms with E-state index >= 15 is 0 Å². The summed E-state index contributed by atoms with van der Waals surface area (Å²) in [5.74, 6) is 0.559. The summed E-state index contributed by atoms with van der Waals surface area (Å²) in [6.07, 6.45) is 6.77. The highest BCUT2D eigenvalue weighted by Gasteiger charge is 2.40. The molecule has 1 unspecified atom stereocenters. The van der Waals surface area contributed by atoms with Gasteiger partial charge in [-0.25, -0.2) is 4.79 Å². The molecule has 3 aliphatic rings. The van der Waals surface area contributed by atoms with E-state index in [0.717, 1.165) is 19.0 Å². The van der Waals surface area contributed by atoms with Gasteiger partial charge in [0.15, 0.2) is 0 Å². The third-order valence-electron chi connectivity index (χ3n) is 7.46. The predicted molar refractivity (Wildman–Crippen MR) is 127 cm³/mol. The molecule has 0 aromatic heterocycles.